The number of carbonyl (C=O) groups is 1. The van der Waals surface area contributed by atoms with Gasteiger partial charge in [-0.05, 0) is 45.6 Å². The van der Waals surface area contributed by atoms with Crippen LogP contribution < -0.4 is 0 Å². The Morgan fingerprint density at radius 1 is 1.31 bits per heavy atom. The number of likely N-dealkylation sites (tertiary alicyclic amines) is 1. The average Bonchev–Trinajstić information content (AvgIpc) is 2.84. The van der Waals surface area contributed by atoms with Crippen molar-refractivity contribution >= 4 is 5.97 Å². The lowest BCUT2D eigenvalue weighted by Gasteiger charge is -2.33. The third kappa shape index (κ3) is 2.10. The number of hydrogen-bond donors (Lipinski definition) is 1. The standard InChI is InChI=1S/C13H23NO2/c1-9(11-5-3-4-6-11)14-8-7-12(10(14)2)13(15)16/h9-12H,3-8H2,1-2H3,(H,15,16). The molecule has 3 unspecified atom stereocenters. The monoisotopic (exact) mass is 225 g/mol. The van der Waals surface area contributed by atoms with E-state index in [0.717, 1.165) is 18.9 Å². The Balaban J connectivity index is 1.97. The molecular formula is C13H23NO2. The first-order valence-corrected chi connectivity index (χ1v) is 6.60. The summed E-state index contributed by atoms with van der Waals surface area (Å²) in [6, 6.07) is 0.787. The highest BCUT2D eigenvalue weighted by Gasteiger charge is 2.39. The second-order valence-corrected chi connectivity index (χ2v) is 5.50. The Labute approximate surface area is 97.8 Å². The van der Waals surface area contributed by atoms with Crippen LogP contribution in [0, 0.1) is 11.8 Å². The smallest absolute Gasteiger partial charge is 0.308 e. The Hall–Kier alpha value is -0.570. The van der Waals surface area contributed by atoms with Gasteiger partial charge in [0.15, 0.2) is 0 Å². The molecule has 2 aliphatic rings. The van der Waals surface area contributed by atoms with Gasteiger partial charge in [-0.1, -0.05) is 12.8 Å². The largest absolute Gasteiger partial charge is 0.481 e. The summed E-state index contributed by atoms with van der Waals surface area (Å²) < 4.78 is 0. The molecule has 2 rings (SSSR count). The molecule has 1 aliphatic heterocycles. The lowest BCUT2D eigenvalue weighted by atomic mass is 9.96. The van der Waals surface area contributed by atoms with Gasteiger partial charge in [0.05, 0.1) is 5.92 Å². The molecule has 0 amide bonds. The van der Waals surface area contributed by atoms with Gasteiger partial charge in [-0.25, -0.2) is 0 Å². The third-order valence-corrected chi connectivity index (χ3v) is 4.73. The number of rotatable bonds is 3. The molecule has 3 nitrogen and oxygen atoms in total. The third-order valence-electron chi connectivity index (χ3n) is 4.73. The van der Waals surface area contributed by atoms with E-state index in [4.69, 9.17) is 5.11 Å². The van der Waals surface area contributed by atoms with Crippen molar-refractivity contribution in [1.29, 1.82) is 0 Å². The predicted octanol–water partition coefficient (Wildman–Crippen LogP) is 2.36. The van der Waals surface area contributed by atoms with Gasteiger partial charge < -0.3 is 5.11 Å². The van der Waals surface area contributed by atoms with E-state index in [1.165, 1.54) is 25.7 Å². The van der Waals surface area contributed by atoms with Crippen molar-refractivity contribution in [3.05, 3.63) is 0 Å². The summed E-state index contributed by atoms with van der Waals surface area (Å²) in [5, 5.41) is 9.12. The first-order valence-electron chi connectivity index (χ1n) is 6.60. The van der Waals surface area contributed by atoms with Crippen LogP contribution in [0.4, 0.5) is 0 Å². The molecule has 0 aromatic rings. The summed E-state index contributed by atoms with van der Waals surface area (Å²) in [4.78, 5) is 13.5. The average molecular weight is 225 g/mol. The highest BCUT2D eigenvalue weighted by atomic mass is 16.4. The fourth-order valence-corrected chi connectivity index (χ4v) is 3.58. The maximum Gasteiger partial charge on any atom is 0.308 e. The van der Waals surface area contributed by atoms with Crippen LogP contribution in [0.15, 0.2) is 0 Å². The van der Waals surface area contributed by atoms with Crippen LogP contribution in [0.1, 0.15) is 46.0 Å². The minimum absolute atomic E-state index is 0.149. The normalized spacial score (nSPS) is 34.4. The minimum Gasteiger partial charge on any atom is -0.481 e. The Morgan fingerprint density at radius 2 is 1.94 bits per heavy atom. The number of nitrogens with zero attached hydrogens (tertiary/aromatic N) is 1. The summed E-state index contributed by atoms with van der Waals surface area (Å²) >= 11 is 0. The molecule has 1 saturated heterocycles. The van der Waals surface area contributed by atoms with Gasteiger partial charge in [-0.3, -0.25) is 9.69 Å². The molecule has 0 radical (unpaired) electrons. The predicted molar refractivity (Wildman–Crippen MR) is 63.3 cm³/mol. The lowest BCUT2D eigenvalue weighted by Crippen LogP contribution is -2.42. The molecule has 1 heterocycles. The van der Waals surface area contributed by atoms with E-state index in [9.17, 15) is 4.79 Å². The zero-order valence-electron chi connectivity index (χ0n) is 10.4. The number of carboxylic acid groups (broad SMARTS) is 1. The molecule has 1 N–H and O–H groups in total. The van der Waals surface area contributed by atoms with Gasteiger partial charge >= 0.3 is 5.97 Å². The van der Waals surface area contributed by atoms with E-state index < -0.39 is 5.97 Å². The van der Waals surface area contributed by atoms with Gasteiger partial charge in [0.2, 0.25) is 0 Å². The fraction of sp³-hybridized carbons (Fsp3) is 0.923. The lowest BCUT2D eigenvalue weighted by molar-refractivity contribution is -0.142. The van der Waals surface area contributed by atoms with E-state index >= 15 is 0 Å². The molecule has 16 heavy (non-hydrogen) atoms. The van der Waals surface area contributed by atoms with Gasteiger partial charge in [-0.15, -0.1) is 0 Å². The van der Waals surface area contributed by atoms with E-state index in [1.54, 1.807) is 0 Å². The number of hydrogen-bond acceptors (Lipinski definition) is 2. The first-order chi connectivity index (χ1) is 7.61. The second kappa shape index (κ2) is 4.74. The van der Waals surface area contributed by atoms with Gasteiger partial charge in [0.1, 0.15) is 0 Å². The van der Waals surface area contributed by atoms with Gasteiger partial charge in [-0.2, -0.15) is 0 Å². The molecule has 1 saturated carbocycles. The number of aliphatic carboxylic acids is 1. The fourth-order valence-electron chi connectivity index (χ4n) is 3.58. The first kappa shape index (κ1) is 11.9. The van der Waals surface area contributed by atoms with Crippen LogP contribution in [0.25, 0.3) is 0 Å². The second-order valence-electron chi connectivity index (χ2n) is 5.50. The molecule has 0 aromatic heterocycles. The van der Waals surface area contributed by atoms with Crippen molar-refractivity contribution < 1.29 is 9.90 Å². The van der Waals surface area contributed by atoms with Gasteiger partial charge in [0.25, 0.3) is 0 Å². The van der Waals surface area contributed by atoms with E-state index in [0.29, 0.717) is 6.04 Å². The van der Waals surface area contributed by atoms with Crippen molar-refractivity contribution in [1.82, 2.24) is 4.90 Å². The molecule has 92 valence electrons. The van der Waals surface area contributed by atoms with Crippen LogP contribution >= 0.6 is 0 Å². The highest BCUT2D eigenvalue weighted by Crippen LogP contribution is 2.35. The minimum atomic E-state index is -0.617. The maximum atomic E-state index is 11.1. The maximum absolute atomic E-state index is 11.1. The van der Waals surface area contributed by atoms with E-state index in [-0.39, 0.29) is 12.0 Å². The molecule has 0 spiro atoms. The Morgan fingerprint density at radius 3 is 2.44 bits per heavy atom. The van der Waals surface area contributed by atoms with Gasteiger partial charge in [0, 0.05) is 12.1 Å². The number of carboxylic acids is 1. The van der Waals surface area contributed by atoms with Crippen LogP contribution in [-0.2, 0) is 4.79 Å². The molecule has 0 bridgehead atoms. The Bertz CT molecular complexity index is 261. The Kier molecular flexibility index (Phi) is 3.53. The topological polar surface area (TPSA) is 40.5 Å². The summed E-state index contributed by atoms with van der Waals surface area (Å²) in [6.45, 7) is 5.34. The van der Waals surface area contributed by atoms with Crippen LogP contribution in [0.3, 0.4) is 0 Å². The molecular weight excluding hydrogens is 202 g/mol. The van der Waals surface area contributed by atoms with Crippen LogP contribution in [-0.4, -0.2) is 34.6 Å². The van der Waals surface area contributed by atoms with Crippen molar-refractivity contribution in [3.63, 3.8) is 0 Å². The van der Waals surface area contributed by atoms with Crippen LogP contribution in [0.2, 0.25) is 0 Å². The van der Waals surface area contributed by atoms with E-state index in [2.05, 4.69) is 18.7 Å². The quantitative estimate of drug-likeness (QED) is 0.801. The van der Waals surface area contributed by atoms with Crippen LogP contribution in [0.5, 0.6) is 0 Å². The van der Waals surface area contributed by atoms with Crippen molar-refractivity contribution in [2.24, 2.45) is 11.8 Å². The van der Waals surface area contributed by atoms with Crippen molar-refractivity contribution in [2.45, 2.75) is 58.0 Å². The van der Waals surface area contributed by atoms with Crippen molar-refractivity contribution in [3.8, 4) is 0 Å². The summed E-state index contributed by atoms with van der Waals surface area (Å²) in [6.07, 6.45) is 6.22. The summed E-state index contributed by atoms with van der Waals surface area (Å²) in [5.74, 6) is 0.0347. The molecule has 3 heteroatoms. The van der Waals surface area contributed by atoms with E-state index in [1.807, 2.05) is 0 Å². The molecule has 3 atom stereocenters. The zero-order chi connectivity index (χ0) is 11.7. The summed E-state index contributed by atoms with van der Waals surface area (Å²) in [7, 11) is 0. The zero-order valence-corrected chi connectivity index (χ0v) is 10.4. The molecule has 0 aromatic carbocycles. The molecule has 1 aliphatic carbocycles. The summed E-state index contributed by atoms with van der Waals surface area (Å²) in [5.41, 5.74) is 0. The SMILES string of the molecule is CC(C1CCCC1)N1CCC(C(=O)O)C1C. The van der Waals surface area contributed by atoms with Crippen molar-refractivity contribution in [2.75, 3.05) is 6.54 Å². The molecule has 2 fully saturated rings. The highest BCUT2D eigenvalue weighted by molar-refractivity contribution is 5.71.